The minimum absolute atomic E-state index is 0.870. The summed E-state index contributed by atoms with van der Waals surface area (Å²) >= 11 is 0. The Balaban J connectivity index is 1.45. The first-order valence-corrected chi connectivity index (χ1v) is 6.56. The Morgan fingerprint density at radius 2 is 2.00 bits per heavy atom. The van der Waals surface area contributed by atoms with Gasteiger partial charge in [-0.3, -0.25) is 0 Å². The summed E-state index contributed by atoms with van der Waals surface area (Å²) in [5, 5.41) is 3.80. The topological polar surface area (TPSA) is 12.0 Å². The lowest BCUT2D eigenvalue weighted by molar-refractivity contribution is 0.205. The van der Waals surface area contributed by atoms with Gasteiger partial charge < -0.3 is 5.32 Å². The number of hydrogen-bond acceptors (Lipinski definition) is 1. The van der Waals surface area contributed by atoms with E-state index in [9.17, 15) is 0 Å². The minimum atomic E-state index is 0.870. The summed E-state index contributed by atoms with van der Waals surface area (Å²) in [6, 6.07) is 0.870. The van der Waals surface area contributed by atoms with Gasteiger partial charge in [-0.1, -0.05) is 13.3 Å². The molecule has 0 amide bonds. The van der Waals surface area contributed by atoms with Crippen LogP contribution in [0.1, 0.15) is 45.4 Å². The molecule has 0 heterocycles. The second kappa shape index (κ2) is 3.52. The highest BCUT2D eigenvalue weighted by Gasteiger charge is 2.39. The number of hydrogen-bond donors (Lipinski definition) is 1. The molecule has 3 aliphatic rings. The van der Waals surface area contributed by atoms with Crippen LogP contribution in [0.3, 0.4) is 0 Å². The molecule has 3 aliphatic carbocycles. The molecule has 1 N–H and O–H groups in total. The van der Waals surface area contributed by atoms with Crippen LogP contribution in [0, 0.1) is 23.7 Å². The number of fused-ring (bicyclic) bond motifs is 2. The van der Waals surface area contributed by atoms with Crippen LogP contribution in [0.5, 0.6) is 0 Å². The van der Waals surface area contributed by atoms with Gasteiger partial charge in [0.1, 0.15) is 0 Å². The predicted molar refractivity (Wildman–Crippen MR) is 59.1 cm³/mol. The fourth-order valence-corrected chi connectivity index (χ4v) is 3.90. The monoisotopic (exact) mass is 193 g/mol. The molecule has 3 fully saturated rings. The zero-order valence-corrected chi connectivity index (χ0v) is 9.34. The molecule has 3 rings (SSSR count). The summed E-state index contributed by atoms with van der Waals surface area (Å²) in [4.78, 5) is 0. The molecule has 5 unspecified atom stereocenters. The molecule has 1 nitrogen and oxygen atoms in total. The zero-order valence-electron chi connectivity index (χ0n) is 9.34. The van der Waals surface area contributed by atoms with Crippen LogP contribution in [0.25, 0.3) is 0 Å². The van der Waals surface area contributed by atoms with Gasteiger partial charge in [-0.15, -0.1) is 0 Å². The summed E-state index contributed by atoms with van der Waals surface area (Å²) in [5.74, 6) is 4.21. The van der Waals surface area contributed by atoms with E-state index < -0.39 is 0 Å². The van der Waals surface area contributed by atoms with Gasteiger partial charge in [0.15, 0.2) is 0 Å². The molecule has 0 aromatic rings. The van der Waals surface area contributed by atoms with Crippen molar-refractivity contribution in [1.82, 2.24) is 5.32 Å². The Morgan fingerprint density at radius 1 is 1.07 bits per heavy atom. The van der Waals surface area contributed by atoms with Crippen molar-refractivity contribution in [3.63, 3.8) is 0 Å². The average molecular weight is 193 g/mol. The van der Waals surface area contributed by atoms with Crippen LogP contribution in [0.4, 0.5) is 0 Å². The zero-order chi connectivity index (χ0) is 9.54. The van der Waals surface area contributed by atoms with Crippen molar-refractivity contribution >= 4 is 0 Å². The highest BCUT2D eigenvalue weighted by atomic mass is 14.9. The van der Waals surface area contributed by atoms with Gasteiger partial charge >= 0.3 is 0 Å². The molecule has 2 bridgehead atoms. The first-order valence-electron chi connectivity index (χ1n) is 6.56. The Hall–Kier alpha value is -0.0400. The Kier molecular flexibility index (Phi) is 2.31. The number of nitrogens with one attached hydrogen (secondary N) is 1. The van der Waals surface area contributed by atoms with Crippen LogP contribution >= 0.6 is 0 Å². The standard InChI is InChI=1S/C13H23N/c1-9-2-5-13(9)14-8-12-7-10-3-4-11(12)6-10/h9-14H,2-8H2,1H3. The third-order valence-corrected chi connectivity index (χ3v) is 5.15. The molecule has 5 atom stereocenters. The molecule has 0 aliphatic heterocycles. The first kappa shape index (κ1) is 9.21. The van der Waals surface area contributed by atoms with Crippen molar-refractivity contribution < 1.29 is 0 Å². The quantitative estimate of drug-likeness (QED) is 0.727. The second-order valence-corrected chi connectivity index (χ2v) is 6.00. The molecule has 0 spiro atoms. The van der Waals surface area contributed by atoms with E-state index >= 15 is 0 Å². The maximum atomic E-state index is 3.80. The van der Waals surface area contributed by atoms with Crippen molar-refractivity contribution in [2.75, 3.05) is 6.54 Å². The Labute approximate surface area is 87.7 Å². The van der Waals surface area contributed by atoms with Crippen LogP contribution in [-0.2, 0) is 0 Å². The molecular weight excluding hydrogens is 170 g/mol. The van der Waals surface area contributed by atoms with Crippen molar-refractivity contribution in [3.8, 4) is 0 Å². The largest absolute Gasteiger partial charge is 0.313 e. The SMILES string of the molecule is CC1CCC1NCC1CC2CCC1C2. The molecule has 0 radical (unpaired) electrons. The van der Waals surface area contributed by atoms with E-state index in [1.807, 2.05) is 0 Å². The van der Waals surface area contributed by atoms with E-state index in [0.717, 1.165) is 29.7 Å². The minimum Gasteiger partial charge on any atom is -0.313 e. The third kappa shape index (κ3) is 1.50. The van der Waals surface area contributed by atoms with Crippen molar-refractivity contribution in [2.24, 2.45) is 23.7 Å². The van der Waals surface area contributed by atoms with Gasteiger partial charge in [0.25, 0.3) is 0 Å². The molecule has 0 aromatic carbocycles. The van der Waals surface area contributed by atoms with Gasteiger partial charge in [-0.05, 0) is 62.3 Å². The Morgan fingerprint density at radius 3 is 2.50 bits per heavy atom. The van der Waals surface area contributed by atoms with Crippen molar-refractivity contribution in [3.05, 3.63) is 0 Å². The van der Waals surface area contributed by atoms with E-state index in [4.69, 9.17) is 0 Å². The second-order valence-electron chi connectivity index (χ2n) is 6.00. The average Bonchev–Trinajstić information content (AvgIpc) is 2.77. The lowest BCUT2D eigenvalue weighted by Gasteiger charge is -2.36. The van der Waals surface area contributed by atoms with Crippen LogP contribution in [0.2, 0.25) is 0 Å². The summed E-state index contributed by atoms with van der Waals surface area (Å²) in [5.41, 5.74) is 0. The summed E-state index contributed by atoms with van der Waals surface area (Å²) in [6.45, 7) is 3.72. The lowest BCUT2D eigenvalue weighted by atomic mass is 9.80. The fourth-order valence-electron chi connectivity index (χ4n) is 3.90. The molecule has 1 heteroatoms. The van der Waals surface area contributed by atoms with Gasteiger partial charge in [0, 0.05) is 6.04 Å². The van der Waals surface area contributed by atoms with Crippen LogP contribution < -0.4 is 5.32 Å². The molecule has 80 valence electrons. The van der Waals surface area contributed by atoms with E-state index in [1.165, 1.54) is 25.8 Å². The molecule has 0 saturated heterocycles. The molecule has 14 heavy (non-hydrogen) atoms. The van der Waals surface area contributed by atoms with Crippen LogP contribution in [-0.4, -0.2) is 12.6 Å². The van der Waals surface area contributed by atoms with Crippen LogP contribution in [0.15, 0.2) is 0 Å². The Bertz CT molecular complexity index is 213. The van der Waals surface area contributed by atoms with Gasteiger partial charge in [0.05, 0.1) is 0 Å². The third-order valence-electron chi connectivity index (χ3n) is 5.15. The number of rotatable bonds is 3. The summed E-state index contributed by atoms with van der Waals surface area (Å²) in [7, 11) is 0. The lowest BCUT2D eigenvalue weighted by Crippen LogP contribution is -2.44. The van der Waals surface area contributed by atoms with Crippen molar-refractivity contribution in [2.45, 2.75) is 51.5 Å². The van der Waals surface area contributed by atoms with Gasteiger partial charge in [0.2, 0.25) is 0 Å². The molecule has 0 aromatic heterocycles. The van der Waals surface area contributed by atoms with Gasteiger partial charge in [-0.2, -0.15) is 0 Å². The van der Waals surface area contributed by atoms with Gasteiger partial charge in [-0.25, -0.2) is 0 Å². The summed E-state index contributed by atoms with van der Waals surface area (Å²) in [6.07, 6.45) is 9.07. The van der Waals surface area contributed by atoms with E-state index in [-0.39, 0.29) is 0 Å². The van der Waals surface area contributed by atoms with Crippen molar-refractivity contribution in [1.29, 1.82) is 0 Å². The maximum absolute atomic E-state index is 3.80. The predicted octanol–water partition coefficient (Wildman–Crippen LogP) is 2.81. The smallest absolute Gasteiger partial charge is 0.00929 e. The van der Waals surface area contributed by atoms with E-state index in [0.29, 0.717) is 0 Å². The normalized spacial score (nSPS) is 50.8. The molecular formula is C13H23N. The first-order chi connectivity index (χ1) is 6.83. The highest BCUT2D eigenvalue weighted by molar-refractivity contribution is 4.92. The summed E-state index contributed by atoms with van der Waals surface area (Å²) < 4.78 is 0. The highest BCUT2D eigenvalue weighted by Crippen LogP contribution is 2.48. The molecule has 3 saturated carbocycles. The van der Waals surface area contributed by atoms with E-state index in [1.54, 1.807) is 19.3 Å². The maximum Gasteiger partial charge on any atom is 0.00929 e. The fraction of sp³-hybridized carbons (Fsp3) is 1.00. The van der Waals surface area contributed by atoms with E-state index in [2.05, 4.69) is 12.2 Å².